The first-order chi connectivity index (χ1) is 17.0. The van der Waals surface area contributed by atoms with Crippen molar-refractivity contribution in [3.05, 3.63) is 83.3 Å². The first kappa shape index (κ1) is 23.5. The Kier molecular flexibility index (Phi) is 6.79. The van der Waals surface area contributed by atoms with Crippen molar-refractivity contribution < 1.29 is 13.9 Å². The Morgan fingerprint density at radius 3 is 2.63 bits per heavy atom. The maximum atomic E-state index is 14.6. The lowest BCUT2D eigenvalue weighted by Gasteiger charge is -2.38. The molecule has 0 saturated carbocycles. The summed E-state index contributed by atoms with van der Waals surface area (Å²) in [7, 11) is 4.02. The molecule has 1 atom stereocenters. The molecule has 2 heterocycles. The molecule has 1 aliphatic heterocycles. The molecule has 6 nitrogen and oxygen atoms in total. The Morgan fingerprint density at radius 2 is 1.83 bits per heavy atom. The molecule has 0 spiro atoms. The first-order valence-electron chi connectivity index (χ1n) is 12.2. The number of nitrogens with zero attached hydrogens (tertiary/aromatic N) is 4. The molecule has 0 radical (unpaired) electrons. The molecule has 1 aliphatic carbocycles. The minimum absolute atomic E-state index is 0.0734. The Labute approximate surface area is 205 Å². The zero-order valence-corrected chi connectivity index (χ0v) is 20.3. The van der Waals surface area contributed by atoms with Crippen LogP contribution in [0.5, 0.6) is 5.75 Å². The van der Waals surface area contributed by atoms with Crippen molar-refractivity contribution in [3.63, 3.8) is 0 Å². The van der Waals surface area contributed by atoms with E-state index in [4.69, 9.17) is 4.74 Å². The van der Waals surface area contributed by atoms with Crippen molar-refractivity contribution in [1.29, 1.82) is 0 Å². The van der Waals surface area contributed by atoms with E-state index < -0.39 is 5.82 Å². The molecule has 3 aromatic rings. The van der Waals surface area contributed by atoms with E-state index in [-0.39, 0.29) is 17.5 Å². The quantitative estimate of drug-likeness (QED) is 0.483. The highest BCUT2D eigenvalue weighted by Gasteiger charge is 2.36. The SMILES string of the molecule is CN(C)CCCOc1ccc(F)c(C(=O)N2CCN(C3c4ccccc4-c4ncccc43)CC2)c1. The molecule has 0 bridgehead atoms. The van der Waals surface area contributed by atoms with Crippen LogP contribution in [-0.4, -0.2) is 79.0 Å². The van der Waals surface area contributed by atoms with Crippen LogP contribution < -0.4 is 4.74 Å². The third-order valence-electron chi connectivity index (χ3n) is 6.80. The number of carbonyl (C=O) groups excluding carboxylic acids is 1. The van der Waals surface area contributed by atoms with Crippen LogP contribution in [0.25, 0.3) is 11.3 Å². The summed E-state index contributed by atoms with van der Waals surface area (Å²) in [4.78, 5) is 24.1. The zero-order valence-electron chi connectivity index (χ0n) is 20.3. The van der Waals surface area contributed by atoms with E-state index in [1.165, 1.54) is 28.8 Å². The lowest BCUT2D eigenvalue weighted by molar-refractivity contribution is 0.0595. The molecule has 0 N–H and O–H groups in total. The number of amides is 1. The van der Waals surface area contributed by atoms with E-state index in [9.17, 15) is 9.18 Å². The van der Waals surface area contributed by atoms with Gasteiger partial charge in [0.25, 0.3) is 5.91 Å². The van der Waals surface area contributed by atoms with E-state index in [1.807, 2.05) is 32.4 Å². The van der Waals surface area contributed by atoms with Crippen molar-refractivity contribution in [2.75, 3.05) is 53.4 Å². The number of piperazine rings is 1. The van der Waals surface area contributed by atoms with Crippen molar-refractivity contribution in [3.8, 4) is 17.0 Å². The number of hydrogen-bond donors (Lipinski definition) is 0. The van der Waals surface area contributed by atoms with E-state index in [0.29, 0.717) is 38.5 Å². The summed E-state index contributed by atoms with van der Waals surface area (Å²) in [5.41, 5.74) is 4.75. The molecule has 1 aromatic heterocycles. The number of carbonyl (C=O) groups is 1. The molecule has 182 valence electrons. The maximum absolute atomic E-state index is 14.6. The van der Waals surface area contributed by atoms with Gasteiger partial charge in [0.05, 0.1) is 23.9 Å². The van der Waals surface area contributed by atoms with Gasteiger partial charge in [-0.15, -0.1) is 0 Å². The van der Waals surface area contributed by atoms with E-state index in [1.54, 1.807) is 11.0 Å². The van der Waals surface area contributed by atoms with Gasteiger partial charge >= 0.3 is 0 Å². The first-order valence-corrected chi connectivity index (χ1v) is 12.2. The topological polar surface area (TPSA) is 48.9 Å². The Morgan fingerprint density at radius 1 is 1.06 bits per heavy atom. The summed E-state index contributed by atoms with van der Waals surface area (Å²) in [5, 5.41) is 0. The van der Waals surface area contributed by atoms with E-state index in [2.05, 4.69) is 39.0 Å². The van der Waals surface area contributed by atoms with Gasteiger partial charge in [0.15, 0.2) is 0 Å². The van der Waals surface area contributed by atoms with E-state index >= 15 is 0 Å². The molecule has 1 fully saturated rings. The van der Waals surface area contributed by atoms with Crippen molar-refractivity contribution in [2.45, 2.75) is 12.5 Å². The average Bonchev–Trinajstić information content (AvgIpc) is 3.21. The minimum atomic E-state index is -0.511. The normalized spacial score (nSPS) is 17.4. The van der Waals surface area contributed by atoms with Gasteiger partial charge in [0, 0.05) is 50.0 Å². The molecule has 7 heteroatoms. The fourth-order valence-electron chi connectivity index (χ4n) is 5.06. The number of benzene rings is 2. The summed E-state index contributed by atoms with van der Waals surface area (Å²) in [6, 6.07) is 17.1. The Hall–Kier alpha value is -3.29. The van der Waals surface area contributed by atoms with Crippen molar-refractivity contribution >= 4 is 5.91 Å². The van der Waals surface area contributed by atoms with Crippen LogP contribution in [-0.2, 0) is 0 Å². The lowest BCUT2D eigenvalue weighted by Crippen LogP contribution is -2.49. The number of fused-ring (bicyclic) bond motifs is 3. The molecule has 1 unspecified atom stereocenters. The largest absolute Gasteiger partial charge is 0.494 e. The molecule has 5 rings (SSSR count). The molecular weight excluding hydrogens is 443 g/mol. The number of rotatable bonds is 7. The second-order valence-electron chi connectivity index (χ2n) is 9.41. The summed E-state index contributed by atoms with van der Waals surface area (Å²) in [5.74, 6) is -0.267. The number of halogens is 1. The monoisotopic (exact) mass is 474 g/mol. The summed E-state index contributed by atoms with van der Waals surface area (Å²) < 4.78 is 20.4. The maximum Gasteiger partial charge on any atom is 0.257 e. The summed E-state index contributed by atoms with van der Waals surface area (Å²) in [6.45, 7) is 3.93. The van der Waals surface area contributed by atoms with Gasteiger partial charge < -0.3 is 14.5 Å². The molecule has 1 amide bonds. The average molecular weight is 475 g/mol. The van der Waals surface area contributed by atoms with Gasteiger partial charge in [-0.05, 0) is 50.3 Å². The van der Waals surface area contributed by atoms with Gasteiger partial charge in [0.2, 0.25) is 0 Å². The fraction of sp³-hybridized carbons (Fsp3) is 0.357. The Balaban J connectivity index is 1.26. The van der Waals surface area contributed by atoms with Crippen LogP contribution in [0.4, 0.5) is 4.39 Å². The third kappa shape index (κ3) is 4.79. The zero-order chi connectivity index (χ0) is 24.4. The number of pyridine rings is 1. The van der Waals surface area contributed by atoms with Crippen molar-refractivity contribution in [1.82, 2.24) is 19.7 Å². The molecule has 1 saturated heterocycles. The number of ether oxygens (including phenoxy) is 1. The van der Waals surface area contributed by atoms with Crippen molar-refractivity contribution in [2.24, 2.45) is 0 Å². The molecular formula is C28H31FN4O2. The standard InChI is InChI=1S/C28H31FN4O2/c1-31(2)13-6-18-35-20-10-11-25(29)24(19-20)28(34)33-16-14-32(15-17-33)27-22-8-4-3-7-21(22)26-23(27)9-5-12-30-26/h3-5,7-12,19,27H,6,13-18H2,1-2H3. The van der Waals surface area contributed by atoms with Gasteiger partial charge in [-0.2, -0.15) is 0 Å². The molecule has 35 heavy (non-hydrogen) atoms. The van der Waals surface area contributed by atoms with Crippen LogP contribution in [0, 0.1) is 5.82 Å². The second kappa shape index (κ2) is 10.1. The van der Waals surface area contributed by atoms with E-state index in [0.717, 1.165) is 18.7 Å². The lowest BCUT2D eigenvalue weighted by atomic mass is 10.0. The third-order valence-corrected chi connectivity index (χ3v) is 6.80. The van der Waals surface area contributed by atoms with Crippen LogP contribution in [0.15, 0.2) is 60.8 Å². The molecule has 2 aromatic carbocycles. The number of hydrogen-bond acceptors (Lipinski definition) is 5. The smallest absolute Gasteiger partial charge is 0.257 e. The highest BCUT2D eigenvalue weighted by molar-refractivity contribution is 5.95. The highest BCUT2D eigenvalue weighted by atomic mass is 19.1. The second-order valence-corrected chi connectivity index (χ2v) is 9.41. The predicted octanol–water partition coefficient (Wildman–Crippen LogP) is 4.08. The highest BCUT2D eigenvalue weighted by Crippen LogP contribution is 2.45. The Bertz CT molecular complexity index is 1160. The van der Waals surface area contributed by atoms with Gasteiger partial charge in [-0.3, -0.25) is 14.7 Å². The van der Waals surface area contributed by atoms with Crippen LogP contribution in [0.1, 0.15) is 33.9 Å². The fourth-order valence-corrected chi connectivity index (χ4v) is 5.06. The predicted molar refractivity (Wildman–Crippen MR) is 134 cm³/mol. The van der Waals surface area contributed by atoms with Gasteiger partial charge in [-0.25, -0.2) is 4.39 Å². The van der Waals surface area contributed by atoms with Crippen LogP contribution >= 0.6 is 0 Å². The molecule has 2 aliphatic rings. The summed E-state index contributed by atoms with van der Waals surface area (Å²) in [6.07, 6.45) is 2.70. The van der Waals surface area contributed by atoms with Gasteiger partial charge in [-0.1, -0.05) is 30.3 Å². The van der Waals surface area contributed by atoms with Crippen LogP contribution in [0.2, 0.25) is 0 Å². The minimum Gasteiger partial charge on any atom is -0.494 e. The number of aromatic nitrogens is 1. The summed E-state index contributed by atoms with van der Waals surface area (Å²) >= 11 is 0. The van der Waals surface area contributed by atoms with Gasteiger partial charge in [0.1, 0.15) is 11.6 Å². The van der Waals surface area contributed by atoms with Crippen LogP contribution in [0.3, 0.4) is 0 Å².